The Labute approximate surface area is 134 Å². The molecule has 1 aromatic rings. The lowest BCUT2D eigenvalue weighted by molar-refractivity contribution is -0.153. The van der Waals surface area contributed by atoms with E-state index in [0.717, 1.165) is 18.5 Å². The number of halogens is 1. The Morgan fingerprint density at radius 1 is 1.41 bits per heavy atom. The number of piperidine rings is 1. The molecule has 1 aliphatic rings. The number of amides is 1. The third kappa shape index (κ3) is 3.32. The van der Waals surface area contributed by atoms with Crippen LogP contribution in [0.5, 0.6) is 0 Å². The van der Waals surface area contributed by atoms with Gasteiger partial charge in [0.2, 0.25) is 5.91 Å². The van der Waals surface area contributed by atoms with E-state index >= 15 is 0 Å². The first-order valence-electron chi connectivity index (χ1n) is 7.21. The summed E-state index contributed by atoms with van der Waals surface area (Å²) in [6.45, 7) is 2.39. The van der Waals surface area contributed by atoms with Crippen molar-refractivity contribution in [2.24, 2.45) is 7.05 Å². The molecule has 1 aromatic heterocycles. The minimum atomic E-state index is -0.499. The number of carbonyl (C=O) groups is 2. The lowest BCUT2D eigenvalue weighted by Gasteiger charge is -2.32. The zero-order chi connectivity index (χ0) is 16.3. The highest BCUT2D eigenvalue weighted by Gasteiger charge is 2.31. The van der Waals surface area contributed by atoms with Gasteiger partial charge in [-0.2, -0.15) is 5.10 Å². The van der Waals surface area contributed by atoms with Gasteiger partial charge in [-0.1, -0.05) is 11.6 Å². The lowest BCUT2D eigenvalue weighted by Crippen LogP contribution is -2.47. The van der Waals surface area contributed by atoms with Gasteiger partial charge in [0.1, 0.15) is 11.2 Å². The molecule has 2 rings (SSSR count). The first-order valence-corrected chi connectivity index (χ1v) is 7.59. The van der Waals surface area contributed by atoms with Gasteiger partial charge < -0.3 is 9.64 Å². The molecule has 0 radical (unpaired) electrons. The SMILES string of the molecule is COC(=O)[C@H]1CCCCN1C(=O)/C=C\c1c(C)nn(C)c1Cl. The first kappa shape index (κ1) is 16.5. The number of carbonyl (C=O) groups excluding carboxylic acids is 2. The molecule has 0 bridgehead atoms. The molecule has 1 saturated heterocycles. The molecular weight excluding hydrogens is 306 g/mol. The van der Waals surface area contributed by atoms with E-state index in [1.807, 2.05) is 6.92 Å². The van der Waals surface area contributed by atoms with Crippen LogP contribution < -0.4 is 0 Å². The van der Waals surface area contributed by atoms with Gasteiger partial charge in [0.25, 0.3) is 0 Å². The predicted octanol–water partition coefficient (Wildman–Crippen LogP) is 1.95. The van der Waals surface area contributed by atoms with Crippen molar-refractivity contribution in [2.75, 3.05) is 13.7 Å². The first-order chi connectivity index (χ1) is 10.5. The van der Waals surface area contributed by atoms with E-state index in [2.05, 4.69) is 5.10 Å². The normalized spacial score (nSPS) is 18.7. The quantitative estimate of drug-likeness (QED) is 0.629. The molecule has 120 valence electrons. The fourth-order valence-corrected chi connectivity index (χ4v) is 2.90. The van der Waals surface area contributed by atoms with Crippen LogP contribution in [0.4, 0.5) is 0 Å². The van der Waals surface area contributed by atoms with Crippen molar-refractivity contribution in [3.63, 3.8) is 0 Å². The molecule has 1 amide bonds. The van der Waals surface area contributed by atoms with Gasteiger partial charge in [0.15, 0.2) is 0 Å². The molecule has 0 spiro atoms. The second-order valence-corrected chi connectivity index (χ2v) is 5.67. The molecule has 0 unspecified atom stereocenters. The Morgan fingerprint density at radius 3 is 2.73 bits per heavy atom. The van der Waals surface area contributed by atoms with Crippen molar-refractivity contribution in [1.29, 1.82) is 0 Å². The van der Waals surface area contributed by atoms with E-state index in [4.69, 9.17) is 16.3 Å². The van der Waals surface area contributed by atoms with Gasteiger partial charge in [-0.05, 0) is 32.3 Å². The van der Waals surface area contributed by atoms with E-state index in [-0.39, 0.29) is 11.9 Å². The topological polar surface area (TPSA) is 64.4 Å². The van der Waals surface area contributed by atoms with Crippen molar-refractivity contribution in [1.82, 2.24) is 14.7 Å². The molecule has 22 heavy (non-hydrogen) atoms. The zero-order valence-corrected chi connectivity index (χ0v) is 13.8. The van der Waals surface area contributed by atoms with Crippen LogP contribution in [0, 0.1) is 6.92 Å². The van der Waals surface area contributed by atoms with E-state index in [1.165, 1.54) is 13.2 Å². The number of ether oxygens (including phenoxy) is 1. The number of aryl methyl sites for hydroxylation is 2. The smallest absolute Gasteiger partial charge is 0.328 e. The number of nitrogens with zero attached hydrogens (tertiary/aromatic N) is 3. The van der Waals surface area contributed by atoms with E-state index in [9.17, 15) is 9.59 Å². The maximum absolute atomic E-state index is 12.4. The molecule has 0 aliphatic carbocycles. The molecule has 7 heteroatoms. The Bertz CT molecular complexity index is 609. The Hall–Kier alpha value is -1.82. The van der Waals surface area contributed by atoms with E-state index in [1.54, 1.807) is 22.7 Å². The maximum Gasteiger partial charge on any atom is 0.328 e. The summed E-state index contributed by atoms with van der Waals surface area (Å²) in [7, 11) is 3.08. The second kappa shape index (κ2) is 6.96. The summed E-state index contributed by atoms with van der Waals surface area (Å²) < 4.78 is 6.34. The molecule has 1 fully saturated rings. The van der Waals surface area contributed by atoms with Gasteiger partial charge in [-0.3, -0.25) is 9.48 Å². The zero-order valence-electron chi connectivity index (χ0n) is 13.0. The summed E-state index contributed by atoms with van der Waals surface area (Å²) in [5, 5.41) is 4.67. The summed E-state index contributed by atoms with van der Waals surface area (Å²) in [6.07, 6.45) is 5.53. The van der Waals surface area contributed by atoms with Gasteiger partial charge in [0, 0.05) is 25.2 Å². The minimum Gasteiger partial charge on any atom is -0.467 e. The van der Waals surface area contributed by atoms with Crippen LogP contribution in [0.25, 0.3) is 6.08 Å². The van der Waals surface area contributed by atoms with Crippen molar-refractivity contribution < 1.29 is 14.3 Å². The average molecular weight is 326 g/mol. The van der Waals surface area contributed by atoms with Crippen molar-refractivity contribution in [2.45, 2.75) is 32.2 Å². The highest BCUT2D eigenvalue weighted by atomic mass is 35.5. The second-order valence-electron chi connectivity index (χ2n) is 5.31. The van der Waals surface area contributed by atoms with Crippen LogP contribution in [0.2, 0.25) is 5.15 Å². The van der Waals surface area contributed by atoms with Crippen LogP contribution in [0.1, 0.15) is 30.5 Å². The highest BCUT2D eigenvalue weighted by molar-refractivity contribution is 6.31. The number of likely N-dealkylation sites (tertiary alicyclic amines) is 1. The van der Waals surface area contributed by atoms with Gasteiger partial charge in [-0.15, -0.1) is 0 Å². The number of rotatable bonds is 3. The van der Waals surface area contributed by atoms with E-state index in [0.29, 0.717) is 23.7 Å². The van der Waals surface area contributed by atoms with Gasteiger partial charge >= 0.3 is 5.97 Å². The summed E-state index contributed by atoms with van der Waals surface area (Å²) in [6, 6.07) is -0.499. The summed E-state index contributed by atoms with van der Waals surface area (Å²) in [5.74, 6) is -0.577. The minimum absolute atomic E-state index is 0.214. The molecular formula is C15H20ClN3O3. The molecule has 6 nitrogen and oxygen atoms in total. The van der Waals surface area contributed by atoms with E-state index < -0.39 is 6.04 Å². The Balaban J connectivity index is 2.16. The molecule has 1 atom stereocenters. The number of esters is 1. The van der Waals surface area contributed by atoms with Crippen LogP contribution in [0.3, 0.4) is 0 Å². The monoisotopic (exact) mass is 325 g/mol. The third-order valence-electron chi connectivity index (χ3n) is 3.85. The van der Waals surface area contributed by atoms with Gasteiger partial charge in [0.05, 0.1) is 12.8 Å². The summed E-state index contributed by atoms with van der Waals surface area (Å²) in [5.41, 5.74) is 1.46. The fourth-order valence-electron chi connectivity index (χ4n) is 2.66. The van der Waals surface area contributed by atoms with Crippen LogP contribution in [-0.4, -0.2) is 46.3 Å². The molecule has 1 aliphatic heterocycles. The van der Waals surface area contributed by atoms with Crippen molar-refractivity contribution >= 4 is 29.6 Å². The number of hydrogen-bond donors (Lipinski definition) is 0. The summed E-state index contributed by atoms with van der Waals surface area (Å²) in [4.78, 5) is 25.7. The molecule has 2 heterocycles. The number of hydrogen-bond acceptors (Lipinski definition) is 4. The molecule has 0 aromatic carbocycles. The van der Waals surface area contributed by atoms with Gasteiger partial charge in [-0.25, -0.2) is 4.79 Å². The predicted molar refractivity (Wildman–Crippen MR) is 83.4 cm³/mol. The lowest BCUT2D eigenvalue weighted by atomic mass is 10.0. The average Bonchev–Trinajstić information content (AvgIpc) is 2.77. The fraction of sp³-hybridized carbons (Fsp3) is 0.533. The highest BCUT2D eigenvalue weighted by Crippen LogP contribution is 2.22. The molecule has 0 saturated carbocycles. The standard InChI is InChI=1S/C15H20ClN3O3/c1-10-11(14(16)18(2)17-10)7-8-13(20)19-9-5-4-6-12(19)15(21)22-3/h7-8,12H,4-6,9H2,1-3H3/b8-7-/t12-/m1/s1. The number of methoxy groups -OCH3 is 1. The van der Waals surface area contributed by atoms with Crippen LogP contribution in [0.15, 0.2) is 6.08 Å². The van der Waals surface area contributed by atoms with Crippen LogP contribution in [-0.2, 0) is 21.4 Å². The molecule has 0 N–H and O–H groups in total. The maximum atomic E-state index is 12.4. The largest absolute Gasteiger partial charge is 0.467 e. The van der Waals surface area contributed by atoms with Crippen molar-refractivity contribution in [3.8, 4) is 0 Å². The van der Waals surface area contributed by atoms with Crippen LogP contribution >= 0.6 is 11.6 Å². The summed E-state index contributed by atoms with van der Waals surface area (Å²) >= 11 is 6.14. The third-order valence-corrected chi connectivity index (χ3v) is 4.30. The number of aromatic nitrogens is 2. The Morgan fingerprint density at radius 2 is 2.14 bits per heavy atom. The van der Waals surface area contributed by atoms with Crippen molar-refractivity contribution in [3.05, 3.63) is 22.5 Å². The Kier molecular flexibility index (Phi) is 5.24.